The molecule has 0 fully saturated rings. The minimum absolute atomic E-state index is 0.115. The van der Waals surface area contributed by atoms with E-state index in [0.29, 0.717) is 37.1 Å². The Kier molecular flexibility index (Phi) is 3.74. The van der Waals surface area contributed by atoms with Crippen molar-refractivity contribution in [1.82, 2.24) is 10.1 Å². The van der Waals surface area contributed by atoms with Gasteiger partial charge in [0.05, 0.1) is 18.8 Å². The molecule has 0 saturated heterocycles. The Morgan fingerprint density at radius 2 is 2.33 bits per heavy atom. The molecule has 2 aromatic rings. The summed E-state index contributed by atoms with van der Waals surface area (Å²) in [7, 11) is 1.57. The second-order valence-electron chi connectivity index (χ2n) is 4.93. The van der Waals surface area contributed by atoms with Gasteiger partial charge in [-0.15, -0.1) is 0 Å². The largest absolute Gasteiger partial charge is 0.484 e. The third-order valence-electron chi connectivity index (χ3n) is 3.19. The minimum atomic E-state index is -0.366. The molecule has 0 N–H and O–H groups in total. The zero-order valence-electron chi connectivity index (χ0n) is 11.9. The molecule has 21 heavy (non-hydrogen) atoms. The minimum Gasteiger partial charge on any atom is -0.484 e. The molecule has 2 heterocycles. The molecule has 0 aliphatic carbocycles. The van der Waals surface area contributed by atoms with Crippen LogP contribution >= 0.6 is 0 Å². The van der Waals surface area contributed by atoms with Gasteiger partial charge in [-0.05, 0) is 19.1 Å². The molecule has 0 unspecified atom stereocenters. The Morgan fingerprint density at radius 1 is 1.48 bits per heavy atom. The number of nitrogens with zero attached hydrogens (tertiary/aromatic N) is 3. The fourth-order valence-corrected chi connectivity index (χ4v) is 2.37. The maximum atomic E-state index is 13.8. The van der Waals surface area contributed by atoms with E-state index in [0.717, 1.165) is 0 Å². The van der Waals surface area contributed by atoms with Crippen molar-refractivity contribution < 1.29 is 18.4 Å². The summed E-state index contributed by atoms with van der Waals surface area (Å²) < 4.78 is 29.5. The predicted octanol–water partition coefficient (Wildman–Crippen LogP) is 2.14. The third kappa shape index (κ3) is 2.82. The molecule has 112 valence electrons. The van der Waals surface area contributed by atoms with Crippen LogP contribution in [0.3, 0.4) is 0 Å². The van der Waals surface area contributed by atoms with Crippen molar-refractivity contribution in [3.05, 3.63) is 35.7 Å². The highest BCUT2D eigenvalue weighted by molar-refractivity contribution is 5.60. The van der Waals surface area contributed by atoms with Gasteiger partial charge in [0.2, 0.25) is 5.89 Å². The van der Waals surface area contributed by atoms with Crippen molar-refractivity contribution in [1.29, 1.82) is 0 Å². The van der Waals surface area contributed by atoms with Crippen molar-refractivity contribution in [2.75, 3.05) is 18.6 Å². The lowest BCUT2D eigenvalue weighted by molar-refractivity contribution is 0.174. The molecule has 1 aromatic heterocycles. The molecule has 0 spiro atoms. The summed E-state index contributed by atoms with van der Waals surface area (Å²) in [5.41, 5.74) is 0.694. The van der Waals surface area contributed by atoms with Crippen LogP contribution in [0.1, 0.15) is 18.6 Å². The Hall–Kier alpha value is -2.15. The quantitative estimate of drug-likeness (QED) is 0.860. The molecule has 0 saturated carbocycles. The number of benzene rings is 1. The van der Waals surface area contributed by atoms with Crippen LogP contribution in [-0.2, 0) is 17.9 Å². The highest BCUT2D eigenvalue weighted by Gasteiger charge is 2.26. The van der Waals surface area contributed by atoms with Gasteiger partial charge < -0.3 is 18.9 Å². The Bertz CT molecular complexity index is 632. The second-order valence-corrected chi connectivity index (χ2v) is 4.93. The van der Waals surface area contributed by atoms with Gasteiger partial charge in [0, 0.05) is 7.11 Å². The summed E-state index contributed by atoms with van der Waals surface area (Å²) in [5.74, 6) is 0.863. The van der Waals surface area contributed by atoms with Gasteiger partial charge in [0.25, 0.3) is 0 Å². The average Bonchev–Trinajstić information content (AvgIpc) is 2.88. The number of aromatic nitrogens is 2. The lowest BCUT2D eigenvalue weighted by Crippen LogP contribution is -2.38. The van der Waals surface area contributed by atoms with Gasteiger partial charge in [0.1, 0.15) is 12.7 Å². The lowest BCUT2D eigenvalue weighted by Gasteiger charge is -2.34. The molecule has 3 rings (SSSR count). The molecule has 1 aromatic carbocycles. The third-order valence-corrected chi connectivity index (χ3v) is 3.19. The topological polar surface area (TPSA) is 60.6 Å². The number of fused-ring (bicyclic) bond motifs is 1. The van der Waals surface area contributed by atoms with Crippen LogP contribution in [0.4, 0.5) is 10.1 Å². The summed E-state index contributed by atoms with van der Waals surface area (Å²) in [6, 6.07) is 4.86. The van der Waals surface area contributed by atoms with Crippen LogP contribution in [0, 0.1) is 5.82 Å². The Balaban J connectivity index is 1.84. The van der Waals surface area contributed by atoms with Gasteiger partial charge >= 0.3 is 0 Å². The molecule has 1 aliphatic heterocycles. The first-order chi connectivity index (χ1) is 10.2. The molecular formula is C14H16FN3O3. The lowest BCUT2D eigenvalue weighted by atomic mass is 10.2. The van der Waals surface area contributed by atoms with E-state index < -0.39 is 0 Å². The molecule has 0 bridgehead atoms. The maximum Gasteiger partial charge on any atom is 0.246 e. The summed E-state index contributed by atoms with van der Waals surface area (Å²) in [6.45, 7) is 3.22. The number of rotatable bonds is 4. The fraction of sp³-hybridized carbons (Fsp3) is 0.429. The van der Waals surface area contributed by atoms with E-state index in [2.05, 4.69) is 10.1 Å². The fourth-order valence-electron chi connectivity index (χ4n) is 2.37. The van der Waals surface area contributed by atoms with E-state index in [1.807, 2.05) is 17.9 Å². The molecular weight excluding hydrogens is 277 g/mol. The second kappa shape index (κ2) is 5.69. The molecule has 1 aliphatic rings. The maximum absolute atomic E-state index is 13.8. The summed E-state index contributed by atoms with van der Waals surface area (Å²) >= 11 is 0. The van der Waals surface area contributed by atoms with E-state index in [9.17, 15) is 4.39 Å². The standard InChI is InChI=1S/C14H16FN3O3/c1-9-6-18(7-13-16-12(8-19-2)17-21-13)11-5-3-4-10(15)14(11)20-9/h3-5,9H,6-8H2,1-2H3/t9-/m1/s1. The van der Waals surface area contributed by atoms with Crippen LogP contribution in [-0.4, -0.2) is 29.9 Å². The first-order valence-electron chi connectivity index (χ1n) is 6.68. The molecule has 0 radical (unpaired) electrons. The van der Waals surface area contributed by atoms with E-state index in [-0.39, 0.29) is 17.7 Å². The van der Waals surface area contributed by atoms with Crippen LogP contribution in [0.5, 0.6) is 5.75 Å². The van der Waals surface area contributed by atoms with Gasteiger partial charge in [-0.3, -0.25) is 0 Å². The van der Waals surface area contributed by atoms with Crippen molar-refractivity contribution in [2.24, 2.45) is 0 Å². The normalized spacial score (nSPS) is 17.5. The number of ether oxygens (including phenoxy) is 2. The molecule has 1 atom stereocenters. The van der Waals surface area contributed by atoms with Crippen LogP contribution in [0.25, 0.3) is 0 Å². The number of para-hydroxylation sites is 1. The summed E-state index contributed by atoms with van der Waals surface area (Å²) in [4.78, 5) is 6.20. The zero-order valence-corrected chi connectivity index (χ0v) is 11.9. The molecule has 0 amide bonds. The van der Waals surface area contributed by atoms with Crippen LogP contribution in [0.2, 0.25) is 0 Å². The van der Waals surface area contributed by atoms with E-state index in [4.69, 9.17) is 14.0 Å². The SMILES string of the molecule is COCc1noc(CN2C[C@@H](C)Oc3c(F)cccc32)n1. The van der Waals surface area contributed by atoms with Gasteiger partial charge in [0.15, 0.2) is 17.4 Å². The number of hydrogen-bond donors (Lipinski definition) is 0. The van der Waals surface area contributed by atoms with Crippen LogP contribution < -0.4 is 9.64 Å². The summed E-state index contributed by atoms with van der Waals surface area (Å²) in [5, 5.41) is 3.82. The van der Waals surface area contributed by atoms with Crippen molar-refractivity contribution >= 4 is 5.69 Å². The number of halogens is 1. The molecule has 6 nitrogen and oxygen atoms in total. The van der Waals surface area contributed by atoms with Gasteiger partial charge in [-0.2, -0.15) is 4.98 Å². The number of methoxy groups -OCH3 is 1. The van der Waals surface area contributed by atoms with E-state index in [1.54, 1.807) is 13.2 Å². The Labute approximate surface area is 121 Å². The van der Waals surface area contributed by atoms with Crippen LogP contribution in [0.15, 0.2) is 22.7 Å². The number of hydrogen-bond acceptors (Lipinski definition) is 6. The van der Waals surface area contributed by atoms with Crippen molar-refractivity contribution in [3.8, 4) is 5.75 Å². The van der Waals surface area contributed by atoms with E-state index >= 15 is 0 Å². The smallest absolute Gasteiger partial charge is 0.246 e. The van der Waals surface area contributed by atoms with Crippen molar-refractivity contribution in [3.63, 3.8) is 0 Å². The predicted molar refractivity (Wildman–Crippen MR) is 72.6 cm³/mol. The Morgan fingerprint density at radius 3 is 3.14 bits per heavy atom. The van der Waals surface area contributed by atoms with Crippen molar-refractivity contribution in [2.45, 2.75) is 26.2 Å². The van der Waals surface area contributed by atoms with Gasteiger partial charge in [-0.25, -0.2) is 4.39 Å². The van der Waals surface area contributed by atoms with E-state index in [1.165, 1.54) is 6.07 Å². The van der Waals surface area contributed by atoms with Gasteiger partial charge in [-0.1, -0.05) is 11.2 Å². The first kappa shape index (κ1) is 13.8. The highest BCUT2D eigenvalue weighted by Crippen LogP contribution is 2.36. The summed E-state index contributed by atoms with van der Waals surface area (Å²) in [6.07, 6.45) is -0.115. The monoisotopic (exact) mass is 293 g/mol. The first-order valence-corrected chi connectivity index (χ1v) is 6.68. The molecule has 7 heteroatoms. The highest BCUT2D eigenvalue weighted by atomic mass is 19.1. The average molecular weight is 293 g/mol. The zero-order chi connectivity index (χ0) is 14.8. The number of anilines is 1.